The number of hydrogen-bond acceptors (Lipinski definition) is 4. The van der Waals surface area contributed by atoms with Crippen LogP contribution in [0.3, 0.4) is 0 Å². The van der Waals surface area contributed by atoms with Crippen molar-refractivity contribution in [3.05, 3.63) is 84.1 Å². The number of para-hydroxylation sites is 1. The van der Waals surface area contributed by atoms with Crippen LogP contribution in [-0.4, -0.2) is 33.0 Å². The molecule has 0 saturated carbocycles. The number of benzene rings is 3. The monoisotopic (exact) mass is 461 g/mol. The zero-order valence-corrected chi connectivity index (χ0v) is 18.9. The number of ether oxygens (including phenoxy) is 1. The van der Waals surface area contributed by atoms with Crippen LogP contribution in [0.1, 0.15) is 22.5 Å². The van der Waals surface area contributed by atoms with Gasteiger partial charge in [0.25, 0.3) is 15.9 Å². The second-order valence-corrected chi connectivity index (χ2v) is 9.79. The van der Waals surface area contributed by atoms with Gasteiger partial charge in [0, 0.05) is 23.1 Å². The number of amides is 1. The van der Waals surface area contributed by atoms with Crippen LogP contribution in [0.15, 0.2) is 77.7 Å². The Bertz CT molecular complexity index is 1410. The van der Waals surface area contributed by atoms with E-state index < -0.39 is 10.0 Å². The molecule has 8 heteroatoms. The molecule has 1 amide bonds. The van der Waals surface area contributed by atoms with Crippen molar-refractivity contribution in [1.29, 1.82) is 0 Å². The summed E-state index contributed by atoms with van der Waals surface area (Å²) in [5, 5.41) is 3.88. The molecule has 168 valence electrons. The molecule has 0 fully saturated rings. The van der Waals surface area contributed by atoms with Crippen LogP contribution >= 0.6 is 0 Å². The molecule has 1 aliphatic heterocycles. The lowest BCUT2D eigenvalue weighted by Crippen LogP contribution is -2.35. The Balaban J connectivity index is 1.40. The summed E-state index contributed by atoms with van der Waals surface area (Å²) in [5.41, 5.74) is 3.51. The van der Waals surface area contributed by atoms with Crippen LogP contribution in [-0.2, 0) is 16.4 Å². The van der Waals surface area contributed by atoms with Crippen molar-refractivity contribution >= 4 is 38.2 Å². The van der Waals surface area contributed by atoms with Crippen LogP contribution in [0.4, 0.5) is 11.4 Å². The second kappa shape index (κ2) is 8.29. The number of aryl methyl sites for hydroxylation is 1. The summed E-state index contributed by atoms with van der Waals surface area (Å²) in [7, 11) is -2.17. The van der Waals surface area contributed by atoms with Crippen molar-refractivity contribution < 1.29 is 17.9 Å². The largest absolute Gasteiger partial charge is 0.497 e. The zero-order chi connectivity index (χ0) is 23.0. The fourth-order valence-electron chi connectivity index (χ4n) is 4.16. The highest BCUT2D eigenvalue weighted by molar-refractivity contribution is 7.92. The molecule has 0 radical (unpaired) electrons. The number of anilines is 2. The molecule has 1 aliphatic rings. The predicted molar refractivity (Wildman–Crippen MR) is 129 cm³/mol. The van der Waals surface area contributed by atoms with Crippen molar-refractivity contribution in [2.75, 3.05) is 23.3 Å². The quantitative estimate of drug-likeness (QED) is 0.455. The zero-order valence-electron chi connectivity index (χ0n) is 18.0. The minimum absolute atomic E-state index is 0.215. The van der Waals surface area contributed by atoms with Gasteiger partial charge in [-0.05, 0) is 73.0 Å². The number of aromatic amines is 1. The highest BCUT2D eigenvalue weighted by atomic mass is 32.2. The van der Waals surface area contributed by atoms with Gasteiger partial charge >= 0.3 is 0 Å². The summed E-state index contributed by atoms with van der Waals surface area (Å²) in [6.07, 6.45) is 1.43. The average molecular weight is 462 g/mol. The first kappa shape index (κ1) is 21.1. The fraction of sp³-hybridized carbons (Fsp3) is 0.160. The van der Waals surface area contributed by atoms with Gasteiger partial charge in [-0.3, -0.25) is 9.10 Å². The van der Waals surface area contributed by atoms with E-state index in [1.165, 1.54) is 4.31 Å². The topological polar surface area (TPSA) is 91.5 Å². The molecule has 0 spiro atoms. The molecule has 3 aromatic carbocycles. The molecule has 0 aliphatic carbocycles. The van der Waals surface area contributed by atoms with Crippen molar-refractivity contribution in [3.63, 3.8) is 0 Å². The van der Waals surface area contributed by atoms with Gasteiger partial charge in [-0.15, -0.1) is 0 Å². The van der Waals surface area contributed by atoms with E-state index in [-0.39, 0.29) is 10.8 Å². The third-order valence-electron chi connectivity index (χ3n) is 5.84. The summed E-state index contributed by atoms with van der Waals surface area (Å²) in [4.78, 5) is 16.1. The Labute approximate surface area is 192 Å². The lowest BCUT2D eigenvalue weighted by atomic mass is 10.0. The van der Waals surface area contributed by atoms with E-state index in [0.717, 1.165) is 22.9 Å². The molecule has 5 rings (SSSR count). The van der Waals surface area contributed by atoms with E-state index in [1.807, 2.05) is 36.4 Å². The van der Waals surface area contributed by atoms with Crippen LogP contribution in [0.25, 0.3) is 10.9 Å². The number of nitrogens with one attached hydrogen (secondary N) is 2. The fourth-order valence-corrected chi connectivity index (χ4v) is 5.70. The van der Waals surface area contributed by atoms with Crippen molar-refractivity contribution in [2.45, 2.75) is 17.7 Å². The summed E-state index contributed by atoms with van der Waals surface area (Å²) in [5.74, 6) is 0.355. The summed E-state index contributed by atoms with van der Waals surface area (Å²) < 4.78 is 33.2. The van der Waals surface area contributed by atoms with Gasteiger partial charge < -0.3 is 15.0 Å². The van der Waals surface area contributed by atoms with Gasteiger partial charge in [-0.2, -0.15) is 0 Å². The predicted octanol–water partition coefficient (Wildman–Crippen LogP) is 4.57. The van der Waals surface area contributed by atoms with Crippen molar-refractivity contribution in [3.8, 4) is 5.75 Å². The Morgan fingerprint density at radius 1 is 1.03 bits per heavy atom. The standard InChI is InChI=1S/C25H23N3O4S/c1-32-20-9-11-21(12-10-20)33(30,31)28-14-4-6-18-15-19(8-13-24(18)28)26-25(29)23-16-17-5-2-3-7-22(17)27-23/h2-3,5,7-13,15-16,27H,4,6,14H2,1H3,(H,26,29). The number of rotatable bonds is 5. The van der Waals surface area contributed by atoms with Gasteiger partial charge in [0.2, 0.25) is 0 Å². The number of aromatic nitrogens is 1. The maximum atomic E-state index is 13.3. The normalized spacial score (nSPS) is 13.5. The van der Waals surface area contributed by atoms with Crippen molar-refractivity contribution in [1.82, 2.24) is 4.98 Å². The highest BCUT2D eigenvalue weighted by Crippen LogP contribution is 2.34. The Morgan fingerprint density at radius 3 is 2.58 bits per heavy atom. The molecule has 1 aromatic heterocycles. The minimum atomic E-state index is -3.71. The van der Waals surface area contributed by atoms with E-state index in [4.69, 9.17) is 4.74 Å². The SMILES string of the molecule is COc1ccc(S(=O)(=O)N2CCCc3cc(NC(=O)c4cc5ccccc5[nH]4)ccc32)cc1. The maximum Gasteiger partial charge on any atom is 0.272 e. The van der Waals surface area contributed by atoms with Crippen LogP contribution in [0, 0.1) is 0 Å². The van der Waals surface area contributed by atoms with E-state index in [0.29, 0.717) is 35.8 Å². The number of sulfonamides is 1. The second-order valence-electron chi connectivity index (χ2n) is 7.92. The van der Waals surface area contributed by atoms with E-state index >= 15 is 0 Å². The number of carbonyl (C=O) groups is 1. The maximum absolute atomic E-state index is 13.3. The molecule has 0 atom stereocenters. The third-order valence-corrected chi connectivity index (χ3v) is 7.66. The summed E-state index contributed by atoms with van der Waals surface area (Å²) in [6, 6.07) is 21.2. The first-order valence-corrected chi connectivity index (χ1v) is 12.1. The molecule has 33 heavy (non-hydrogen) atoms. The lowest BCUT2D eigenvalue weighted by Gasteiger charge is -2.31. The van der Waals surface area contributed by atoms with Gasteiger partial charge in [-0.25, -0.2) is 8.42 Å². The number of carbonyl (C=O) groups excluding carboxylic acids is 1. The Hall–Kier alpha value is -3.78. The number of methoxy groups -OCH3 is 1. The highest BCUT2D eigenvalue weighted by Gasteiger charge is 2.29. The molecule has 0 saturated heterocycles. The lowest BCUT2D eigenvalue weighted by molar-refractivity contribution is 0.102. The van der Waals surface area contributed by atoms with E-state index in [9.17, 15) is 13.2 Å². The van der Waals surface area contributed by atoms with Gasteiger partial charge in [0.05, 0.1) is 17.7 Å². The summed E-state index contributed by atoms with van der Waals surface area (Å²) >= 11 is 0. The number of hydrogen-bond donors (Lipinski definition) is 2. The van der Waals surface area contributed by atoms with Crippen LogP contribution in [0.2, 0.25) is 0 Å². The van der Waals surface area contributed by atoms with E-state index in [1.54, 1.807) is 43.5 Å². The molecule has 0 bridgehead atoms. The average Bonchev–Trinajstić information content (AvgIpc) is 3.28. The Morgan fingerprint density at radius 2 is 1.82 bits per heavy atom. The smallest absolute Gasteiger partial charge is 0.272 e. The molecule has 2 heterocycles. The van der Waals surface area contributed by atoms with Gasteiger partial charge in [-0.1, -0.05) is 18.2 Å². The van der Waals surface area contributed by atoms with Gasteiger partial charge in [0.15, 0.2) is 0 Å². The molecule has 0 unspecified atom stereocenters. The Kier molecular flexibility index (Phi) is 5.30. The van der Waals surface area contributed by atoms with E-state index in [2.05, 4.69) is 10.3 Å². The van der Waals surface area contributed by atoms with Crippen molar-refractivity contribution in [2.24, 2.45) is 0 Å². The first-order chi connectivity index (χ1) is 16.0. The van der Waals surface area contributed by atoms with Gasteiger partial charge in [0.1, 0.15) is 11.4 Å². The molecular formula is C25H23N3O4S. The molecule has 2 N–H and O–H groups in total. The third kappa shape index (κ3) is 3.93. The number of nitrogens with zero attached hydrogens (tertiary/aromatic N) is 1. The summed E-state index contributed by atoms with van der Waals surface area (Å²) in [6.45, 7) is 0.405. The minimum Gasteiger partial charge on any atom is -0.497 e. The number of H-pyrrole nitrogens is 1. The van der Waals surface area contributed by atoms with Crippen LogP contribution in [0.5, 0.6) is 5.75 Å². The molecule has 7 nitrogen and oxygen atoms in total. The van der Waals surface area contributed by atoms with Crippen LogP contribution < -0.4 is 14.4 Å². The molecule has 4 aromatic rings. The first-order valence-electron chi connectivity index (χ1n) is 10.6. The number of fused-ring (bicyclic) bond motifs is 2. The molecular weight excluding hydrogens is 438 g/mol.